The van der Waals surface area contributed by atoms with Gasteiger partial charge in [0, 0.05) is 25.2 Å². The van der Waals surface area contributed by atoms with Crippen molar-refractivity contribution in [2.75, 3.05) is 13.1 Å². The Kier molecular flexibility index (Phi) is 3.00. The molecule has 2 rings (SSSR count). The number of carbonyl (C=O) groups is 2. The Morgan fingerprint density at radius 3 is 2.61 bits per heavy atom. The van der Waals surface area contributed by atoms with Crippen LogP contribution < -0.4 is 11.2 Å². The van der Waals surface area contributed by atoms with Crippen LogP contribution in [-0.4, -0.2) is 44.9 Å². The van der Waals surface area contributed by atoms with Crippen molar-refractivity contribution in [3.8, 4) is 0 Å². The van der Waals surface area contributed by atoms with E-state index in [1.54, 1.807) is 0 Å². The number of amides is 1. The number of carboxylic acid groups (broad SMARTS) is 1. The molecule has 0 aromatic carbocycles. The zero-order valence-electron chi connectivity index (χ0n) is 9.30. The van der Waals surface area contributed by atoms with Gasteiger partial charge in [-0.25, -0.2) is 4.79 Å². The second-order valence-electron chi connectivity index (χ2n) is 4.16. The fraction of sp³-hybridized carbons (Fsp3) is 0.400. The van der Waals surface area contributed by atoms with Crippen molar-refractivity contribution in [1.29, 1.82) is 0 Å². The van der Waals surface area contributed by atoms with Gasteiger partial charge in [-0.05, 0) is 0 Å². The van der Waals surface area contributed by atoms with E-state index in [0.717, 1.165) is 6.20 Å². The van der Waals surface area contributed by atoms with E-state index < -0.39 is 23.1 Å². The number of hydrogen-bond donors (Lipinski definition) is 3. The second kappa shape index (κ2) is 4.47. The van der Waals surface area contributed by atoms with E-state index in [4.69, 9.17) is 5.11 Å². The summed E-state index contributed by atoms with van der Waals surface area (Å²) in [5.74, 6) is -1.49. The first-order valence-electron chi connectivity index (χ1n) is 5.30. The molecule has 1 amide bonds. The van der Waals surface area contributed by atoms with Crippen molar-refractivity contribution >= 4 is 11.9 Å². The molecule has 8 heteroatoms. The van der Waals surface area contributed by atoms with Gasteiger partial charge in [-0.15, -0.1) is 0 Å². The number of aromatic amines is 2. The normalized spacial score (nSPS) is 15.2. The largest absolute Gasteiger partial charge is 0.481 e. The lowest BCUT2D eigenvalue weighted by Gasteiger charge is -2.38. The van der Waals surface area contributed by atoms with Gasteiger partial charge in [0.25, 0.3) is 11.5 Å². The lowest BCUT2D eigenvalue weighted by Crippen LogP contribution is -2.51. The Morgan fingerprint density at radius 1 is 1.39 bits per heavy atom. The fourth-order valence-electron chi connectivity index (χ4n) is 1.85. The van der Waals surface area contributed by atoms with Gasteiger partial charge in [-0.2, -0.15) is 0 Å². The topological polar surface area (TPSA) is 123 Å². The van der Waals surface area contributed by atoms with E-state index in [-0.39, 0.29) is 17.9 Å². The Hall–Kier alpha value is -2.38. The van der Waals surface area contributed by atoms with Crippen LogP contribution in [0.5, 0.6) is 0 Å². The van der Waals surface area contributed by atoms with Crippen molar-refractivity contribution in [2.24, 2.45) is 5.92 Å². The zero-order valence-corrected chi connectivity index (χ0v) is 9.30. The number of hydrogen-bond acceptors (Lipinski definition) is 4. The summed E-state index contributed by atoms with van der Waals surface area (Å²) in [6, 6.07) is 0. The first-order chi connectivity index (χ1) is 8.47. The van der Waals surface area contributed by atoms with Gasteiger partial charge in [0.15, 0.2) is 0 Å². The van der Waals surface area contributed by atoms with Gasteiger partial charge < -0.3 is 15.0 Å². The number of carboxylic acids is 1. The third-order valence-electron chi connectivity index (χ3n) is 2.76. The van der Waals surface area contributed by atoms with Crippen LogP contribution in [0.15, 0.2) is 15.8 Å². The van der Waals surface area contributed by atoms with E-state index in [1.807, 2.05) is 4.98 Å². The van der Waals surface area contributed by atoms with Gasteiger partial charge in [-0.3, -0.25) is 19.4 Å². The summed E-state index contributed by atoms with van der Waals surface area (Å²) in [7, 11) is 0. The molecule has 0 spiro atoms. The highest BCUT2D eigenvalue weighted by molar-refractivity contribution is 5.94. The molecular formula is C10H11N3O5. The highest BCUT2D eigenvalue weighted by atomic mass is 16.4. The molecule has 1 aliphatic heterocycles. The molecule has 3 N–H and O–H groups in total. The summed E-state index contributed by atoms with van der Waals surface area (Å²) in [6.45, 7) is 0.618. The highest BCUT2D eigenvalue weighted by Crippen LogP contribution is 2.20. The summed E-state index contributed by atoms with van der Waals surface area (Å²) < 4.78 is 0. The average molecular weight is 253 g/mol. The lowest BCUT2D eigenvalue weighted by molar-refractivity contribution is -0.139. The van der Waals surface area contributed by atoms with Crippen LogP contribution in [0.25, 0.3) is 0 Å². The number of nitrogens with one attached hydrogen (secondary N) is 2. The maximum atomic E-state index is 11.8. The summed E-state index contributed by atoms with van der Waals surface area (Å²) in [5.41, 5.74) is -1.57. The lowest BCUT2D eigenvalue weighted by atomic mass is 9.96. The molecule has 1 fully saturated rings. The Balaban J connectivity index is 2.04. The number of carbonyl (C=O) groups excluding carboxylic acids is 1. The van der Waals surface area contributed by atoms with E-state index >= 15 is 0 Å². The minimum atomic E-state index is -0.908. The summed E-state index contributed by atoms with van der Waals surface area (Å²) in [5, 5.41) is 8.57. The molecule has 0 radical (unpaired) electrons. The molecule has 96 valence electrons. The van der Waals surface area contributed by atoms with Crippen LogP contribution in [0.1, 0.15) is 16.8 Å². The van der Waals surface area contributed by atoms with Gasteiger partial charge in [0.1, 0.15) is 5.56 Å². The second-order valence-corrected chi connectivity index (χ2v) is 4.16. The van der Waals surface area contributed by atoms with Crippen molar-refractivity contribution < 1.29 is 14.7 Å². The molecule has 0 atom stereocenters. The van der Waals surface area contributed by atoms with Gasteiger partial charge in [0.2, 0.25) is 0 Å². The van der Waals surface area contributed by atoms with Crippen LogP contribution in [0.3, 0.4) is 0 Å². The number of likely N-dealkylation sites (tertiary alicyclic amines) is 1. The van der Waals surface area contributed by atoms with Crippen LogP contribution in [-0.2, 0) is 4.79 Å². The monoisotopic (exact) mass is 253 g/mol. The van der Waals surface area contributed by atoms with E-state index in [9.17, 15) is 19.2 Å². The van der Waals surface area contributed by atoms with Crippen molar-refractivity contribution in [3.63, 3.8) is 0 Å². The number of nitrogens with zero attached hydrogens (tertiary/aromatic N) is 1. The summed E-state index contributed by atoms with van der Waals surface area (Å²) >= 11 is 0. The molecule has 0 unspecified atom stereocenters. The summed E-state index contributed by atoms with van der Waals surface area (Å²) in [6.07, 6.45) is 1.07. The third-order valence-corrected chi connectivity index (χ3v) is 2.76. The first kappa shape index (κ1) is 12.1. The first-order valence-corrected chi connectivity index (χ1v) is 5.30. The van der Waals surface area contributed by atoms with E-state index in [2.05, 4.69) is 4.98 Å². The molecule has 0 bridgehead atoms. The van der Waals surface area contributed by atoms with Crippen molar-refractivity contribution in [3.05, 3.63) is 32.6 Å². The predicted octanol–water partition coefficient (Wildman–Crippen LogP) is -1.39. The predicted molar refractivity (Wildman–Crippen MR) is 59.3 cm³/mol. The van der Waals surface area contributed by atoms with Crippen LogP contribution in [0.2, 0.25) is 0 Å². The van der Waals surface area contributed by atoms with Crippen LogP contribution >= 0.6 is 0 Å². The quantitative estimate of drug-likeness (QED) is 0.612. The zero-order chi connectivity index (χ0) is 13.3. The molecule has 1 aliphatic rings. The Labute approximate surface area is 100 Å². The number of rotatable bonds is 3. The molecule has 2 heterocycles. The smallest absolute Gasteiger partial charge is 0.325 e. The Bertz CT molecular complexity index is 596. The molecule has 18 heavy (non-hydrogen) atoms. The minimum Gasteiger partial charge on any atom is -0.481 e. The molecule has 8 nitrogen and oxygen atoms in total. The number of aliphatic carboxylic acids is 1. The SMILES string of the molecule is O=C(O)CC1CN(C(=O)c2c[nH]c(=O)[nH]c2=O)C1. The standard InChI is InChI=1S/C10H11N3O5/c14-7(15)1-5-3-13(4-5)9(17)6-2-11-10(18)12-8(6)16/h2,5H,1,3-4H2,(H,14,15)(H2,11,12,16,18). The highest BCUT2D eigenvalue weighted by Gasteiger charge is 2.33. The van der Waals surface area contributed by atoms with Crippen LogP contribution in [0, 0.1) is 5.92 Å². The molecule has 1 aromatic rings. The fourth-order valence-corrected chi connectivity index (χ4v) is 1.85. The van der Waals surface area contributed by atoms with E-state index in [0.29, 0.717) is 13.1 Å². The molecule has 1 saturated heterocycles. The molecule has 0 aliphatic carbocycles. The van der Waals surface area contributed by atoms with Gasteiger partial charge >= 0.3 is 11.7 Å². The maximum Gasteiger partial charge on any atom is 0.325 e. The minimum absolute atomic E-state index is 0.00571. The van der Waals surface area contributed by atoms with Gasteiger partial charge in [0.05, 0.1) is 6.42 Å². The third kappa shape index (κ3) is 2.31. The number of H-pyrrole nitrogens is 2. The molecular weight excluding hydrogens is 242 g/mol. The molecule has 1 aromatic heterocycles. The van der Waals surface area contributed by atoms with E-state index in [1.165, 1.54) is 4.90 Å². The maximum absolute atomic E-state index is 11.8. The summed E-state index contributed by atoms with van der Waals surface area (Å²) in [4.78, 5) is 50.0. The van der Waals surface area contributed by atoms with Gasteiger partial charge in [-0.1, -0.05) is 0 Å². The average Bonchev–Trinajstić information content (AvgIpc) is 2.21. The molecule has 0 saturated carbocycles. The van der Waals surface area contributed by atoms with Crippen molar-refractivity contribution in [2.45, 2.75) is 6.42 Å². The van der Waals surface area contributed by atoms with Crippen molar-refractivity contribution in [1.82, 2.24) is 14.9 Å². The Morgan fingerprint density at radius 2 is 2.06 bits per heavy atom. The number of aromatic nitrogens is 2. The van der Waals surface area contributed by atoms with Crippen LogP contribution in [0.4, 0.5) is 0 Å².